The second kappa shape index (κ2) is 10.4. The highest BCUT2D eigenvalue weighted by Crippen LogP contribution is 2.36. The topological polar surface area (TPSA) is 141 Å². The van der Waals surface area contributed by atoms with E-state index in [9.17, 15) is 24.5 Å². The molecule has 1 saturated heterocycles. The zero-order chi connectivity index (χ0) is 25.8. The number of imide groups is 1. The molecule has 0 aliphatic carbocycles. The van der Waals surface area contributed by atoms with Gasteiger partial charge in [-0.15, -0.1) is 0 Å². The molecular weight excluding hydrogens is 490 g/mol. The van der Waals surface area contributed by atoms with E-state index in [1.165, 1.54) is 38.5 Å². The summed E-state index contributed by atoms with van der Waals surface area (Å²) in [6.45, 7) is -0.456. The molecule has 0 spiro atoms. The molecule has 0 saturated carbocycles. The maximum Gasteiger partial charge on any atom is 0.294 e. The first-order valence-electron chi connectivity index (χ1n) is 10.4. The summed E-state index contributed by atoms with van der Waals surface area (Å²) in [6, 6.07) is 13.8. The third-order valence-electron chi connectivity index (χ3n) is 5.11. The van der Waals surface area contributed by atoms with E-state index >= 15 is 0 Å². The van der Waals surface area contributed by atoms with Gasteiger partial charge in [0.2, 0.25) is 5.91 Å². The molecule has 0 bridgehead atoms. The van der Waals surface area contributed by atoms with Crippen LogP contribution in [0.15, 0.2) is 63.9 Å². The van der Waals surface area contributed by atoms with Gasteiger partial charge in [-0.05, 0) is 54.2 Å². The van der Waals surface area contributed by atoms with Gasteiger partial charge in [0.1, 0.15) is 29.6 Å². The number of nitro benzene ring substituents is 1. The van der Waals surface area contributed by atoms with E-state index in [1.807, 2.05) is 0 Å². The monoisotopic (exact) mass is 509 g/mol. The van der Waals surface area contributed by atoms with E-state index in [4.69, 9.17) is 13.9 Å². The third kappa shape index (κ3) is 5.23. The van der Waals surface area contributed by atoms with Gasteiger partial charge in [-0.2, -0.15) is 0 Å². The molecule has 1 aliphatic rings. The molecule has 3 amide bonds. The SMILES string of the molecule is COc1ccc(NC(=O)CN2C(=O)S/C(=C/c3ccc(-c4cc([N+](=O)[O-])ccc4OC)o3)C2=O)cc1. The number of methoxy groups -OCH3 is 2. The van der Waals surface area contributed by atoms with Crippen molar-refractivity contribution in [3.8, 4) is 22.8 Å². The van der Waals surface area contributed by atoms with Crippen molar-refractivity contribution < 1.29 is 33.2 Å². The third-order valence-corrected chi connectivity index (χ3v) is 6.02. The molecule has 1 fully saturated rings. The summed E-state index contributed by atoms with van der Waals surface area (Å²) in [4.78, 5) is 49.1. The van der Waals surface area contributed by atoms with Crippen LogP contribution >= 0.6 is 11.8 Å². The number of carbonyl (C=O) groups is 3. The lowest BCUT2D eigenvalue weighted by Gasteiger charge is -2.12. The highest BCUT2D eigenvalue weighted by atomic mass is 32.2. The molecule has 4 rings (SSSR count). The van der Waals surface area contributed by atoms with Gasteiger partial charge >= 0.3 is 0 Å². The van der Waals surface area contributed by atoms with Gasteiger partial charge < -0.3 is 19.2 Å². The minimum absolute atomic E-state index is 0.0733. The van der Waals surface area contributed by atoms with Gasteiger partial charge in [0.25, 0.3) is 16.8 Å². The van der Waals surface area contributed by atoms with Gasteiger partial charge in [0.05, 0.1) is 29.6 Å². The molecule has 184 valence electrons. The molecule has 0 radical (unpaired) electrons. The van der Waals surface area contributed by atoms with Crippen molar-refractivity contribution in [3.05, 3.63) is 75.4 Å². The number of carbonyl (C=O) groups excluding carboxylic acids is 3. The molecule has 36 heavy (non-hydrogen) atoms. The standard InChI is InChI=1S/C24H19N3O8S/c1-33-16-6-3-14(4-7-16)25-22(28)13-26-23(29)21(36-24(26)30)12-17-8-10-20(35-17)18-11-15(27(31)32)5-9-19(18)34-2/h3-12H,13H2,1-2H3,(H,25,28)/b21-12+. The van der Waals surface area contributed by atoms with E-state index < -0.39 is 28.5 Å². The van der Waals surface area contributed by atoms with Gasteiger partial charge in [-0.3, -0.25) is 29.4 Å². The van der Waals surface area contributed by atoms with Crippen molar-refractivity contribution >= 4 is 46.3 Å². The number of hydrogen-bond acceptors (Lipinski definition) is 9. The lowest BCUT2D eigenvalue weighted by molar-refractivity contribution is -0.384. The highest BCUT2D eigenvalue weighted by Gasteiger charge is 2.36. The molecule has 1 N–H and O–H groups in total. The zero-order valence-corrected chi connectivity index (χ0v) is 19.9. The van der Waals surface area contributed by atoms with E-state index in [0.29, 0.717) is 34.5 Å². The maximum atomic E-state index is 12.8. The maximum absolute atomic E-state index is 12.8. The summed E-state index contributed by atoms with van der Waals surface area (Å²) in [6.07, 6.45) is 1.37. The number of anilines is 1. The summed E-state index contributed by atoms with van der Waals surface area (Å²) < 4.78 is 16.1. The smallest absolute Gasteiger partial charge is 0.294 e. The van der Waals surface area contributed by atoms with Gasteiger partial charge in [-0.1, -0.05) is 0 Å². The molecule has 12 heteroatoms. The average Bonchev–Trinajstić information content (AvgIpc) is 3.44. The van der Waals surface area contributed by atoms with Crippen LogP contribution in [-0.2, 0) is 9.59 Å². The Bertz CT molecular complexity index is 1380. The highest BCUT2D eigenvalue weighted by molar-refractivity contribution is 8.18. The number of benzene rings is 2. The lowest BCUT2D eigenvalue weighted by Crippen LogP contribution is -2.36. The summed E-state index contributed by atoms with van der Waals surface area (Å²) in [5, 5.41) is 13.2. The minimum atomic E-state index is -0.638. The number of nitro groups is 1. The number of thioether (sulfide) groups is 1. The van der Waals surface area contributed by atoms with Crippen molar-refractivity contribution in [1.82, 2.24) is 4.90 Å². The molecular formula is C24H19N3O8S. The average molecular weight is 509 g/mol. The van der Waals surface area contributed by atoms with Crippen LogP contribution in [0.3, 0.4) is 0 Å². The van der Waals surface area contributed by atoms with Crippen LogP contribution in [0.25, 0.3) is 17.4 Å². The molecule has 2 heterocycles. The summed E-state index contributed by atoms with van der Waals surface area (Å²) in [5.74, 6) is 0.327. The molecule has 0 unspecified atom stereocenters. The lowest BCUT2D eigenvalue weighted by atomic mass is 10.1. The fourth-order valence-corrected chi connectivity index (χ4v) is 4.18. The Kier molecular flexibility index (Phi) is 7.06. The Labute approximate surface area is 208 Å². The number of hydrogen-bond donors (Lipinski definition) is 1. The van der Waals surface area contributed by atoms with E-state index in [1.54, 1.807) is 36.4 Å². The quantitative estimate of drug-likeness (QED) is 0.263. The summed E-state index contributed by atoms with van der Waals surface area (Å²) in [7, 11) is 2.95. The molecule has 3 aromatic rings. The van der Waals surface area contributed by atoms with Crippen LogP contribution in [0.2, 0.25) is 0 Å². The van der Waals surface area contributed by atoms with E-state index in [-0.39, 0.29) is 22.1 Å². The predicted molar refractivity (Wildman–Crippen MR) is 132 cm³/mol. The minimum Gasteiger partial charge on any atom is -0.497 e. The fourth-order valence-electron chi connectivity index (χ4n) is 3.36. The Morgan fingerprint density at radius 2 is 1.86 bits per heavy atom. The number of non-ortho nitro benzene ring substituents is 1. The second-order valence-corrected chi connectivity index (χ2v) is 8.38. The van der Waals surface area contributed by atoms with Crippen LogP contribution in [0, 0.1) is 10.1 Å². The van der Waals surface area contributed by atoms with Gasteiger partial charge in [0, 0.05) is 23.9 Å². The number of nitrogens with zero attached hydrogens (tertiary/aromatic N) is 2. The number of rotatable bonds is 8. The van der Waals surface area contributed by atoms with Crippen molar-refractivity contribution in [2.75, 3.05) is 26.1 Å². The van der Waals surface area contributed by atoms with E-state index in [2.05, 4.69) is 5.32 Å². The molecule has 1 aromatic heterocycles. The van der Waals surface area contributed by atoms with Gasteiger partial charge in [-0.25, -0.2) is 0 Å². The first kappa shape index (κ1) is 24.5. The summed E-state index contributed by atoms with van der Waals surface area (Å²) in [5.41, 5.74) is 0.704. The van der Waals surface area contributed by atoms with E-state index in [0.717, 1.165) is 4.90 Å². The zero-order valence-electron chi connectivity index (χ0n) is 19.0. The first-order valence-corrected chi connectivity index (χ1v) is 11.2. The van der Waals surface area contributed by atoms with Crippen molar-refractivity contribution in [1.29, 1.82) is 0 Å². The van der Waals surface area contributed by atoms with Crippen molar-refractivity contribution in [2.45, 2.75) is 0 Å². The summed E-state index contributed by atoms with van der Waals surface area (Å²) >= 11 is 0.677. The van der Waals surface area contributed by atoms with Crippen LogP contribution in [0.5, 0.6) is 11.5 Å². The molecule has 0 atom stereocenters. The molecule has 2 aromatic carbocycles. The first-order chi connectivity index (χ1) is 17.3. The Morgan fingerprint density at radius 3 is 2.53 bits per heavy atom. The Balaban J connectivity index is 1.48. The number of ether oxygens (including phenoxy) is 2. The number of furan rings is 1. The normalized spacial score (nSPS) is 14.3. The second-order valence-electron chi connectivity index (χ2n) is 7.39. The number of nitrogens with one attached hydrogen (secondary N) is 1. The molecule has 1 aliphatic heterocycles. The van der Waals surface area contributed by atoms with Crippen LogP contribution in [0.4, 0.5) is 16.2 Å². The predicted octanol–water partition coefficient (Wildman–Crippen LogP) is 4.55. The number of amides is 3. The van der Waals surface area contributed by atoms with Gasteiger partial charge in [0.15, 0.2) is 0 Å². The fraction of sp³-hybridized carbons (Fsp3) is 0.125. The van der Waals surface area contributed by atoms with Crippen LogP contribution < -0.4 is 14.8 Å². The van der Waals surface area contributed by atoms with Crippen LogP contribution in [0.1, 0.15) is 5.76 Å². The molecule has 11 nitrogen and oxygen atoms in total. The van der Waals surface area contributed by atoms with Crippen molar-refractivity contribution in [2.24, 2.45) is 0 Å². The van der Waals surface area contributed by atoms with Crippen molar-refractivity contribution in [3.63, 3.8) is 0 Å². The largest absolute Gasteiger partial charge is 0.497 e. The Hall–Kier alpha value is -4.58. The van der Waals surface area contributed by atoms with Crippen LogP contribution in [-0.4, -0.2) is 47.6 Å². The Morgan fingerprint density at radius 1 is 1.11 bits per heavy atom.